The van der Waals surface area contributed by atoms with E-state index >= 15 is 0 Å². The van der Waals surface area contributed by atoms with Gasteiger partial charge in [-0.25, -0.2) is 0 Å². The van der Waals surface area contributed by atoms with Crippen molar-refractivity contribution in [2.45, 2.75) is 40.0 Å². The molecule has 0 fully saturated rings. The molecule has 0 radical (unpaired) electrons. The van der Waals surface area contributed by atoms with Crippen LogP contribution in [0.4, 0.5) is 0 Å². The average molecular weight is 216 g/mol. The fourth-order valence-corrected chi connectivity index (χ4v) is 1.63. The molecule has 0 saturated heterocycles. The Hall–Kier alpha value is -1.37. The molecular formula is C15H20O. The van der Waals surface area contributed by atoms with E-state index in [1.165, 1.54) is 11.1 Å². The minimum absolute atomic E-state index is 0.143. The molecule has 0 heterocycles. The fourth-order valence-electron chi connectivity index (χ4n) is 1.63. The van der Waals surface area contributed by atoms with Gasteiger partial charge in [0.1, 0.15) is 6.29 Å². The normalized spacial score (nSPS) is 12.7. The molecule has 0 aliphatic carbocycles. The van der Waals surface area contributed by atoms with Gasteiger partial charge in [-0.05, 0) is 42.0 Å². The molecule has 0 saturated carbocycles. The number of aryl methyl sites for hydroxylation is 1. The Kier molecular flexibility index (Phi) is 3.69. The molecule has 0 unspecified atom stereocenters. The zero-order chi connectivity index (χ0) is 12.3. The van der Waals surface area contributed by atoms with Gasteiger partial charge in [-0.15, -0.1) is 0 Å². The lowest BCUT2D eigenvalue weighted by Crippen LogP contribution is -2.11. The Balaban J connectivity index is 3.23. The maximum absolute atomic E-state index is 10.6. The second-order valence-corrected chi connectivity index (χ2v) is 5.39. The molecule has 0 spiro atoms. The first kappa shape index (κ1) is 12.7. The first-order valence-electron chi connectivity index (χ1n) is 5.58. The molecule has 0 N–H and O–H groups in total. The van der Waals surface area contributed by atoms with Crippen molar-refractivity contribution < 1.29 is 4.79 Å². The van der Waals surface area contributed by atoms with Gasteiger partial charge in [0, 0.05) is 0 Å². The number of carbonyl (C=O) groups is 1. The average Bonchev–Trinajstić information content (AvgIpc) is 2.15. The van der Waals surface area contributed by atoms with E-state index in [9.17, 15) is 4.79 Å². The van der Waals surface area contributed by atoms with Crippen LogP contribution in [0, 0.1) is 6.92 Å². The summed E-state index contributed by atoms with van der Waals surface area (Å²) in [5, 5.41) is 0. The van der Waals surface area contributed by atoms with Gasteiger partial charge >= 0.3 is 0 Å². The second-order valence-electron chi connectivity index (χ2n) is 5.39. The van der Waals surface area contributed by atoms with Crippen LogP contribution in [0.3, 0.4) is 0 Å². The summed E-state index contributed by atoms with van der Waals surface area (Å²) in [6, 6.07) is 6.45. The molecule has 1 rings (SSSR count). The third-order valence-electron chi connectivity index (χ3n) is 2.55. The molecule has 0 bridgehead atoms. The van der Waals surface area contributed by atoms with E-state index < -0.39 is 0 Å². The number of hydrogen-bond donors (Lipinski definition) is 0. The number of aldehydes is 1. The minimum atomic E-state index is 0.143. The predicted octanol–water partition coefficient (Wildman–Crippen LogP) is 3.89. The van der Waals surface area contributed by atoms with Crippen LogP contribution in [-0.4, -0.2) is 6.29 Å². The van der Waals surface area contributed by atoms with Gasteiger partial charge < -0.3 is 0 Å². The number of carbonyl (C=O) groups excluding carboxylic acids is 1. The quantitative estimate of drug-likeness (QED) is 0.541. The third-order valence-corrected chi connectivity index (χ3v) is 2.55. The summed E-state index contributed by atoms with van der Waals surface area (Å²) in [6.07, 6.45) is 2.81. The molecule has 1 heteroatoms. The maximum Gasteiger partial charge on any atom is 0.145 e. The summed E-state index contributed by atoms with van der Waals surface area (Å²) >= 11 is 0. The number of hydrogen-bond acceptors (Lipinski definition) is 1. The van der Waals surface area contributed by atoms with Crippen molar-refractivity contribution in [1.82, 2.24) is 0 Å². The first-order chi connectivity index (χ1) is 7.32. The van der Waals surface area contributed by atoms with Crippen molar-refractivity contribution in [3.8, 4) is 0 Å². The Morgan fingerprint density at radius 3 is 2.31 bits per heavy atom. The van der Waals surface area contributed by atoms with Gasteiger partial charge in [0.2, 0.25) is 0 Å². The highest BCUT2D eigenvalue weighted by Crippen LogP contribution is 2.25. The van der Waals surface area contributed by atoms with Crippen LogP contribution in [0.2, 0.25) is 0 Å². The van der Waals surface area contributed by atoms with Crippen molar-refractivity contribution in [3.05, 3.63) is 40.5 Å². The van der Waals surface area contributed by atoms with Gasteiger partial charge in [0.25, 0.3) is 0 Å². The Bertz CT molecular complexity index is 420. The van der Waals surface area contributed by atoms with Gasteiger partial charge in [0.05, 0.1) is 0 Å². The molecule has 0 atom stereocenters. The second kappa shape index (κ2) is 4.65. The summed E-state index contributed by atoms with van der Waals surface area (Å²) in [5.74, 6) is 0. The monoisotopic (exact) mass is 216 g/mol. The van der Waals surface area contributed by atoms with E-state index in [4.69, 9.17) is 0 Å². The predicted molar refractivity (Wildman–Crippen MR) is 69.6 cm³/mol. The van der Waals surface area contributed by atoms with E-state index in [1.54, 1.807) is 0 Å². The van der Waals surface area contributed by atoms with E-state index in [-0.39, 0.29) is 5.41 Å². The van der Waals surface area contributed by atoms with Gasteiger partial charge in [-0.3, -0.25) is 4.79 Å². The third kappa shape index (κ3) is 3.34. The van der Waals surface area contributed by atoms with Crippen molar-refractivity contribution in [2.24, 2.45) is 0 Å². The van der Waals surface area contributed by atoms with Gasteiger partial charge in [0.15, 0.2) is 0 Å². The Labute approximate surface area is 98.2 Å². The molecule has 0 aliphatic heterocycles. The fraction of sp³-hybridized carbons (Fsp3) is 0.400. The van der Waals surface area contributed by atoms with Crippen molar-refractivity contribution in [3.63, 3.8) is 0 Å². The van der Waals surface area contributed by atoms with Crippen LogP contribution < -0.4 is 0 Å². The molecule has 0 amide bonds. The Morgan fingerprint density at radius 1 is 1.19 bits per heavy atom. The van der Waals surface area contributed by atoms with Crippen LogP contribution in [0.5, 0.6) is 0 Å². The molecule has 0 aromatic heterocycles. The van der Waals surface area contributed by atoms with E-state index in [2.05, 4.69) is 45.9 Å². The van der Waals surface area contributed by atoms with Gasteiger partial charge in [-0.1, -0.05) is 44.5 Å². The lowest BCUT2D eigenvalue weighted by Gasteiger charge is -2.20. The topological polar surface area (TPSA) is 17.1 Å². The summed E-state index contributed by atoms with van der Waals surface area (Å²) in [6.45, 7) is 10.5. The molecular weight excluding hydrogens is 196 g/mol. The lowest BCUT2D eigenvalue weighted by molar-refractivity contribution is -0.104. The molecule has 0 aliphatic rings. The highest BCUT2D eigenvalue weighted by Gasteiger charge is 2.14. The number of benzene rings is 1. The highest BCUT2D eigenvalue weighted by atomic mass is 16.1. The molecule has 1 aromatic rings. The number of rotatable bonds is 2. The van der Waals surface area contributed by atoms with Crippen LogP contribution in [-0.2, 0) is 10.2 Å². The summed E-state index contributed by atoms with van der Waals surface area (Å²) in [4.78, 5) is 10.6. The SMILES string of the molecule is CC(C=O)=Cc1cc(C)cc(C(C)(C)C)c1. The summed E-state index contributed by atoms with van der Waals surface area (Å²) in [5.41, 5.74) is 4.54. The highest BCUT2D eigenvalue weighted by molar-refractivity contribution is 5.80. The van der Waals surface area contributed by atoms with Crippen molar-refractivity contribution in [1.29, 1.82) is 0 Å². The van der Waals surface area contributed by atoms with Crippen LogP contribution in [0.1, 0.15) is 44.4 Å². The van der Waals surface area contributed by atoms with Crippen LogP contribution in [0.15, 0.2) is 23.8 Å². The zero-order valence-electron chi connectivity index (χ0n) is 10.8. The standard InChI is InChI=1S/C15H20O/c1-11-6-13(7-12(2)10-16)9-14(8-11)15(3,4)5/h6-10H,1-5H3. The lowest BCUT2D eigenvalue weighted by atomic mass is 9.85. The van der Waals surface area contributed by atoms with Crippen molar-refractivity contribution in [2.75, 3.05) is 0 Å². The van der Waals surface area contributed by atoms with E-state index in [0.29, 0.717) is 0 Å². The Morgan fingerprint density at radius 2 is 1.81 bits per heavy atom. The van der Waals surface area contributed by atoms with E-state index in [0.717, 1.165) is 17.4 Å². The summed E-state index contributed by atoms with van der Waals surface area (Å²) < 4.78 is 0. The van der Waals surface area contributed by atoms with Crippen LogP contribution >= 0.6 is 0 Å². The summed E-state index contributed by atoms with van der Waals surface area (Å²) in [7, 11) is 0. The molecule has 16 heavy (non-hydrogen) atoms. The molecule has 86 valence electrons. The smallest absolute Gasteiger partial charge is 0.145 e. The number of allylic oxidation sites excluding steroid dienone is 1. The maximum atomic E-state index is 10.6. The molecule has 1 aromatic carbocycles. The molecule has 1 nitrogen and oxygen atoms in total. The van der Waals surface area contributed by atoms with Crippen LogP contribution in [0.25, 0.3) is 6.08 Å². The van der Waals surface area contributed by atoms with Gasteiger partial charge in [-0.2, -0.15) is 0 Å². The zero-order valence-corrected chi connectivity index (χ0v) is 10.8. The van der Waals surface area contributed by atoms with E-state index in [1.807, 2.05) is 13.0 Å². The first-order valence-corrected chi connectivity index (χ1v) is 5.58. The van der Waals surface area contributed by atoms with Crippen molar-refractivity contribution >= 4 is 12.4 Å². The largest absolute Gasteiger partial charge is 0.298 e. The minimum Gasteiger partial charge on any atom is -0.298 e.